The van der Waals surface area contributed by atoms with E-state index in [4.69, 9.17) is 0 Å². The van der Waals surface area contributed by atoms with Crippen LogP contribution in [-0.2, 0) is 14.3 Å². The summed E-state index contributed by atoms with van der Waals surface area (Å²) in [5.74, 6) is -2.48. The summed E-state index contributed by atoms with van der Waals surface area (Å²) in [5, 5.41) is 0. The van der Waals surface area contributed by atoms with E-state index in [0.717, 1.165) is 0 Å². The number of hydrogen-bond acceptors (Lipinski definition) is 4. The SMILES string of the molecule is CCOC(=O)C(=O)C(C)C(=O)c1ccc(C2CCCC2)cc1. The van der Waals surface area contributed by atoms with Gasteiger partial charge < -0.3 is 4.74 Å². The fourth-order valence-electron chi connectivity index (χ4n) is 2.93. The van der Waals surface area contributed by atoms with Crippen molar-refractivity contribution in [1.29, 1.82) is 0 Å². The van der Waals surface area contributed by atoms with E-state index in [-0.39, 0.29) is 12.4 Å². The molecule has 0 heterocycles. The lowest BCUT2D eigenvalue weighted by atomic mass is 9.92. The van der Waals surface area contributed by atoms with Crippen molar-refractivity contribution in [3.05, 3.63) is 35.4 Å². The number of hydrogen-bond donors (Lipinski definition) is 0. The minimum Gasteiger partial charge on any atom is -0.460 e. The van der Waals surface area contributed by atoms with E-state index in [0.29, 0.717) is 11.5 Å². The molecule has 0 aliphatic heterocycles. The summed E-state index contributed by atoms with van der Waals surface area (Å²) in [7, 11) is 0. The monoisotopic (exact) mass is 302 g/mol. The molecule has 2 rings (SSSR count). The molecule has 1 aromatic rings. The number of Topliss-reactive ketones (excluding diaryl/α,β-unsaturated/α-hetero) is 2. The molecule has 1 unspecified atom stereocenters. The molecule has 22 heavy (non-hydrogen) atoms. The summed E-state index contributed by atoms with van der Waals surface area (Å²) >= 11 is 0. The molecule has 1 aliphatic rings. The molecular weight excluding hydrogens is 280 g/mol. The Labute approximate surface area is 130 Å². The summed E-state index contributed by atoms with van der Waals surface area (Å²) in [6.45, 7) is 3.20. The molecule has 4 nitrogen and oxygen atoms in total. The van der Waals surface area contributed by atoms with Crippen molar-refractivity contribution in [2.75, 3.05) is 6.61 Å². The van der Waals surface area contributed by atoms with Crippen LogP contribution in [0.2, 0.25) is 0 Å². The van der Waals surface area contributed by atoms with Gasteiger partial charge in [0.25, 0.3) is 5.78 Å². The first-order chi connectivity index (χ1) is 10.5. The number of benzene rings is 1. The Morgan fingerprint density at radius 2 is 1.73 bits per heavy atom. The average Bonchev–Trinajstić information content (AvgIpc) is 3.07. The molecule has 1 fully saturated rings. The molecule has 0 radical (unpaired) electrons. The van der Waals surface area contributed by atoms with Crippen molar-refractivity contribution < 1.29 is 19.1 Å². The van der Waals surface area contributed by atoms with Crippen LogP contribution in [0.1, 0.15) is 61.4 Å². The third-order valence-corrected chi connectivity index (χ3v) is 4.28. The van der Waals surface area contributed by atoms with E-state index >= 15 is 0 Å². The summed E-state index contributed by atoms with van der Waals surface area (Å²) < 4.78 is 4.66. The Kier molecular flexibility index (Phi) is 5.47. The maximum Gasteiger partial charge on any atom is 0.375 e. The molecule has 1 saturated carbocycles. The van der Waals surface area contributed by atoms with Gasteiger partial charge in [-0.2, -0.15) is 0 Å². The molecule has 1 atom stereocenters. The Morgan fingerprint density at radius 3 is 2.27 bits per heavy atom. The number of esters is 1. The molecule has 0 aromatic heterocycles. The summed E-state index contributed by atoms with van der Waals surface area (Å²) in [5.41, 5.74) is 1.71. The van der Waals surface area contributed by atoms with Crippen molar-refractivity contribution in [3.63, 3.8) is 0 Å². The van der Waals surface area contributed by atoms with Crippen LogP contribution in [0.5, 0.6) is 0 Å². The second-order valence-electron chi connectivity index (χ2n) is 5.77. The minimum atomic E-state index is -1.00. The summed E-state index contributed by atoms with van der Waals surface area (Å²) in [4.78, 5) is 35.6. The molecule has 1 aromatic carbocycles. The fraction of sp³-hybridized carbons (Fsp3) is 0.500. The quantitative estimate of drug-likeness (QED) is 0.350. The predicted octanol–water partition coefficient (Wildman–Crippen LogP) is 3.30. The van der Waals surface area contributed by atoms with E-state index < -0.39 is 17.7 Å². The van der Waals surface area contributed by atoms with Crippen LogP contribution in [-0.4, -0.2) is 24.1 Å². The number of ketones is 2. The van der Waals surface area contributed by atoms with E-state index in [1.165, 1.54) is 38.2 Å². The molecule has 0 saturated heterocycles. The molecule has 0 amide bonds. The zero-order chi connectivity index (χ0) is 16.1. The third-order valence-electron chi connectivity index (χ3n) is 4.28. The molecule has 0 N–H and O–H groups in total. The lowest BCUT2D eigenvalue weighted by Crippen LogP contribution is -2.29. The molecule has 0 bridgehead atoms. The summed E-state index contributed by atoms with van der Waals surface area (Å²) in [6, 6.07) is 7.44. The Morgan fingerprint density at radius 1 is 1.14 bits per heavy atom. The topological polar surface area (TPSA) is 60.4 Å². The highest BCUT2D eigenvalue weighted by Crippen LogP contribution is 2.34. The van der Waals surface area contributed by atoms with Crippen molar-refractivity contribution in [3.8, 4) is 0 Å². The first kappa shape index (κ1) is 16.4. The smallest absolute Gasteiger partial charge is 0.375 e. The van der Waals surface area contributed by atoms with Gasteiger partial charge in [-0.3, -0.25) is 9.59 Å². The Balaban J connectivity index is 2.05. The third kappa shape index (κ3) is 3.62. The largest absolute Gasteiger partial charge is 0.460 e. The van der Waals surface area contributed by atoms with Gasteiger partial charge in [-0.15, -0.1) is 0 Å². The van der Waals surface area contributed by atoms with Crippen LogP contribution in [0, 0.1) is 5.92 Å². The molecule has 1 aliphatic carbocycles. The van der Waals surface area contributed by atoms with Gasteiger partial charge in [0, 0.05) is 5.56 Å². The van der Waals surface area contributed by atoms with E-state index in [9.17, 15) is 14.4 Å². The molecule has 118 valence electrons. The van der Waals surface area contributed by atoms with Crippen molar-refractivity contribution in [2.24, 2.45) is 5.92 Å². The second kappa shape index (κ2) is 7.34. The fourth-order valence-corrected chi connectivity index (χ4v) is 2.93. The van der Waals surface area contributed by atoms with Crippen LogP contribution in [0.4, 0.5) is 0 Å². The second-order valence-corrected chi connectivity index (χ2v) is 5.77. The van der Waals surface area contributed by atoms with E-state index in [1.807, 2.05) is 12.1 Å². The number of carbonyl (C=O) groups is 3. The van der Waals surface area contributed by atoms with Crippen LogP contribution in [0.25, 0.3) is 0 Å². The van der Waals surface area contributed by atoms with E-state index in [1.54, 1.807) is 19.1 Å². The van der Waals surface area contributed by atoms with Gasteiger partial charge in [0.2, 0.25) is 0 Å². The first-order valence-electron chi connectivity index (χ1n) is 7.89. The maximum atomic E-state index is 12.3. The van der Waals surface area contributed by atoms with Crippen LogP contribution in [0.3, 0.4) is 0 Å². The van der Waals surface area contributed by atoms with E-state index in [2.05, 4.69) is 4.74 Å². The lowest BCUT2D eigenvalue weighted by molar-refractivity contribution is -0.154. The van der Waals surface area contributed by atoms with Crippen molar-refractivity contribution in [2.45, 2.75) is 45.4 Å². The van der Waals surface area contributed by atoms with Crippen molar-refractivity contribution >= 4 is 17.5 Å². The van der Waals surface area contributed by atoms with Gasteiger partial charge in [-0.1, -0.05) is 37.1 Å². The minimum absolute atomic E-state index is 0.127. The van der Waals surface area contributed by atoms with Gasteiger partial charge >= 0.3 is 5.97 Å². The predicted molar refractivity (Wildman–Crippen MR) is 82.8 cm³/mol. The molecule has 0 spiro atoms. The van der Waals surface area contributed by atoms with Gasteiger partial charge in [0.1, 0.15) is 0 Å². The Hall–Kier alpha value is -1.97. The highest BCUT2D eigenvalue weighted by atomic mass is 16.5. The molecular formula is C18H22O4. The van der Waals surface area contributed by atoms with Crippen LogP contribution >= 0.6 is 0 Å². The van der Waals surface area contributed by atoms with Gasteiger partial charge in [-0.05, 0) is 38.2 Å². The zero-order valence-electron chi connectivity index (χ0n) is 13.1. The zero-order valence-corrected chi connectivity index (χ0v) is 13.1. The number of ether oxygens (including phenoxy) is 1. The number of carbonyl (C=O) groups excluding carboxylic acids is 3. The first-order valence-corrected chi connectivity index (χ1v) is 7.89. The maximum absolute atomic E-state index is 12.3. The highest BCUT2D eigenvalue weighted by molar-refractivity contribution is 6.39. The van der Waals surface area contributed by atoms with Crippen LogP contribution in [0.15, 0.2) is 24.3 Å². The lowest BCUT2D eigenvalue weighted by Gasteiger charge is -2.12. The average molecular weight is 302 g/mol. The molecule has 4 heteroatoms. The summed E-state index contributed by atoms with van der Waals surface area (Å²) in [6.07, 6.45) is 4.92. The van der Waals surface area contributed by atoms with Gasteiger partial charge in [-0.25, -0.2) is 4.79 Å². The van der Waals surface area contributed by atoms with Gasteiger partial charge in [0.15, 0.2) is 5.78 Å². The Bertz CT molecular complexity index is 553. The van der Waals surface area contributed by atoms with Crippen LogP contribution < -0.4 is 0 Å². The normalized spacial score (nSPS) is 16.3. The number of rotatable bonds is 6. The van der Waals surface area contributed by atoms with Gasteiger partial charge in [0.05, 0.1) is 12.5 Å². The highest BCUT2D eigenvalue weighted by Gasteiger charge is 2.29. The van der Waals surface area contributed by atoms with Crippen molar-refractivity contribution in [1.82, 2.24) is 0 Å². The standard InChI is InChI=1S/C18H22O4/c1-3-22-18(21)17(20)12(2)16(19)15-10-8-14(9-11-15)13-6-4-5-7-13/h8-13H,3-7H2,1-2H3.